The largest absolute Gasteiger partial charge is 0.484 e. The number of benzene rings is 1. The van der Waals surface area contributed by atoms with E-state index in [-0.39, 0.29) is 24.1 Å². The molecule has 9 heteroatoms. The van der Waals surface area contributed by atoms with E-state index >= 15 is 0 Å². The molecule has 1 aliphatic rings. The molecular formula is C16H17FN4O4. The Bertz CT molecular complexity index is 823. The van der Waals surface area contributed by atoms with Crippen molar-refractivity contribution in [2.45, 2.75) is 0 Å². The quantitative estimate of drug-likeness (QED) is 0.825. The van der Waals surface area contributed by atoms with E-state index in [1.165, 1.54) is 24.4 Å². The Morgan fingerprint density at radius 3 is 2.52 bits per heavy atom. The van der Waals surface area contributed by atoms with E-state index in [0.29, 0.717) is 31.9 Å². The molecule has 0 bridgehead atoms. The van der Waals surface area contributed by atoms with Crippen LogP contribution in [-0.4, -0.2) is 64.4 Å². The molecule has 2 N–H and O–H groups in total. The molecule has 2 amide bonds. The van der Waals surface area contributed by atoms with Gasteiger partial charge in [0.05, 0.1) is 0 Å². The Hall–Kier alpha value is -3.10. The van der Waals surface area contributed by atoms with Gasteiger partial charge >= 0.3 is 5.69 Å². The van der Waals surface area contributed by atoms with Gasteiger partial charge in [-0.1, -0.05) is 6.07 Å². The summed E-state index contributed by atoms with van der Waals surface area (Å²) in [6.45, 7) is 1.26. The number of hydrogen-bond acceptors (Lipinski definition) is 4. The van der Waals surface area contributed by atoms with Crippen LogP contribution in [0.25, 0.3) is 0 Å². The molecule has 8 nitrogen and oxygen atoms in total. The van der Waals surface area contributed by atoms with Gasteiger partial charge in [-0.2, -0.15) is 0 Å². The molecule has 0 spiro atoms. The van der Waals surface area contributed by atoms with Crippen molar-refractivity contribution in [1.82, 2.24) is 19.8 Å². The number of amides is 2. The highest BCUT2D eigenvalue weighted by atomic mass is 19.1. The third-order valence-electron chi connectivity index (χ3n) is 3.90. The molecule has 0 atom stereocenters. The van der Waals surface area contributed by atoms with Gasteiger partial charge in [-0.3, -0.25) is 9.59 Å². The fraction of sp³-hybridized carbons (Fsp3) is 0.312. The summed E-state index contributed by atoms with van der Waals surface area (Å²) in [7, 11) is 0. The number of aromatic nitrogens is 2. The van der Waals surface area contributed by atoms with E-state index in [2.05, 4.69) is 9.97 Å². The molecule has 0 unspecified atom stereocenters. The maximum Gasteiger partial charge on any atom is 0.323 e. The first kappa shape index (κ1) is 16.7. The summed E-state index contributed by atoms with van der Waals surface area (Å²) < 4.78 is 18.4. The molecule has 2 heterocycles. The van der Waals surface area contributed by atoms with Crippen molar-refractivity contribution >= 4 is 11.8 Å². The first-order valence-electron chi connectivity index (χ1n) is 7.76. The minimum Gasteiger partial charge on any atom is -0.484 e. The third kappa shape index (κ3) is 4.06. The maximum absolute atomic E-state index is 13.1. The lowest BCUT2D eigenvalue weighted by molar-refractivity contribution is -0.134. The highest BCUT2D eigenvalue weighted by Crippen LogP contribution is 2.12. The lowest BCUT2D eigenvalue weighted by atomic mass is 10.3. The molecule has 1 fully saturated rings. The van der Waals surface area contributed by atoms with Gasteiger partial charge < -0.3 is 24.5 Å². The summed E-state index contributed by atoms with van der Waals surface area (Å²) in [5.41, 5.74) is -0.245. The molecule has 2 aromatic rings. The molecule has 1 aliphatic heterocycles. The van der Waals surface area contributed by atoms with Gasteiger partial charge in [-0.25, -0.2) is 9.18 Å². The van der Waals surface area contributed by atoms with Gasteiger partial charge in [0.1, 0.15) is 17.3 Å². The van der Waals surface area contributed by atoms with Crippen molar-refractivity contribution in [1.29, 1.82) is 0 Å². The van der Waals surface area contributed by atoms with Crippen LogP contribution in [-0.2, 0) is 4.79 Å². The lowest BCUT2D eigenvalue weighted by Crippen LogP contribution is -2.51. The molecule has 3 rings (SSSR count). The zero-order valence-electron chi connectivity index (χ0n) is 13.3. The van der Waals surface area contributed by atoms with Crippen LogP contribution in [0.3, 0.4) is 0 Å². The van der Waals surface area contributed by atoms with E-state index < -0.39 is 11.5 Å². The molecule has 0 aliphatic carbocycles. The van der Waals surface area contributed by atoms with Gasteiger partial charge in [0.25, 0.3) is 11.8 Å². The van der Waals surface area contributed by atoms with Crippen LogP contribution in [0.15, 0.2) is 35.3 Å². The van der Waals surface area contributed by atoms with E-state index in [1.54, 1.807) is 15.9 Å². The molecule has 1 aromatic carbocycles. The van der Waals surface area contributed by atoms with Crippen molar-refractivity contribution in [3.8, 4) is 5.75 Å². The van der Waals surface area contributed by atoms with Crippen LogP contribution in [0.5, 0.6) is 5.75 Å². The molecule has 1 aromatic heterocycles. The number of piperazine rings is 1. The predicted octanol–water partition coefficient (Wildman–Crippen LogP) is 0.206. The Kier molecular flexibility index (Phi) is 4.82. The SMILES string of the molecule is O=C(COc1cccc(F)c1)N1CCN(C(=O)c2c[nH]c(=O)[nH]2)CC1. The van der Waals surface area contributed by atoms with Crippen molar-refractivity contribution in [3.63, 3.8) is 0 Å². The number of hydrogen-bond donors (Lipinski definition) is 2. The number of halogens is 1. The standard InChI is InChI=1S/C16H17FN4O4/c17-11-2-1-3-12(8-11)25-10-14(22)20-4-6-21(7-5-20)15(23)13-9-18-16(24)19-13/h1-3,8-9H,4-7,10H2,(H2,18,19,24). The fourth-order valence-electron chi connectivity index (χ4n) is 2.57. The Labute approximate surface area is 142 Å². The maximum atomic E-state index is 13.1. The molecule has 132 valence electrons. The second-order valence-corrected chi connectivity index (χ2v) is 5.58. The van der Waals surface area contributed by atoms with Crippen LogP contribution in [0, 0.1) is 5.82 Å². The van der Waals surface area contributed by atoms with Crippen LogP contribution in [0.1, 0.15) is 10.5 Å². The predicted molar refractivity (Wildman–Crippen MR) is 85.8 cm³/mol. The van der Waals surface area contributed by atoms with Gasteiger partial charge in [-0.05, 0) is 12.1 Å². The Balaban J connectivity index is 1.49. The number of ether oxygens (including phenoxy) is 1. The Morgan fingerprint density at radius 2 is 1.88 bits per heavy atom. The van der Waals surface area contributed by atoms with Gasteiger partial charge in [-0.15, -0.1) is 0 Å². The minimum atomic E-state index is -0.438. The summed E-state index contributed by atoms with van der Waals surface area (Å²) in [6, 6.07) is 5.58. The number of nitrogens with one attached hydrogen (secondary N) is 2. The first-order chi connectivity index (χ1) is 12.0. The highest BCUT2D eigenvalue weighted by molar-refractivity contribution is 5.92. The smallest absolute Gasteiger partial charge is 0.323 e. The molecule has 0 saturated carbocycles. The van der Waals surface area contributed by atoms with Crippen LogP contribution < -0.4 is 10.4 Å². The third-order valence-corrected chi connectivity index (χ3v) is 3.90. The molecule has 1 saturated heterocycles. The van der Waals surface area contributed by atoms with Crippen molar-refractivity contribution in [2.75, 3.05) is 32.8 Å². The molecular weight excluding hydrogens is 331 g/mol. The number of nitrogens with zero attached hydrogens (tertiary/aromatic N) is 2. The van der Waals surface area contributed by atoms with E-state index in [4.69, 9.17) is 4.74 Å². The van der Waals surface area contributed by atoms with Crippen molar-refractivity contribution < 1.29 is 18.7 Å². The van der Waals surface area contributed by atoms with Gasteiger partial charge in [0.15, 0.2) is 6.61 Å². The number of rotatable bonds is 4. The van der Waals surface area contributed by atoms with Gasteiger partial charge in [0.2, 0.25) is 0 Å². The second-order valence-electron chi connectivity index (χ2n) is 5.58. The summed E-state index contributed by atoms with van der Waals surface area (Å²) in [4.78, 5) is 43.4. The van der Waals surface area contributed by atoms with Crippen molar-refractivity contribution in [3.05, 3.63) is 52.5 Å². The zero-order chi connectivity index (χ0) is 17.8. The van der Waals surface area contributed by atoms with Gasteiger partial charge in [0, 0.05) is 38.4 Å². The normalized spacial score (nSPS) is 14.4. The van der Waals surface area contributed by atoms with E-state index in [0.717, 1.165) is 0 Å². The van der Waals surface area contributed by atoms with Crippen LogP contribution in [0.4, 0.5) is 4.39 Å². The second kappa shape index (κ2) is 7.20. The molecule has 0 radical (unpaired) electrons. The highest BCUT2D eigenvalue weighted by Gasteiger charge is 2.25. The summed E-state index contributed by atoms with van der Waals surface area (Å²) in [6.07, 6.45) is 1.33. The van der Waals surface area contributed by atoms with Crippen LogP contribution >= 0.6 is 0 Å². The van der Waals surface area contributed by atoms with Crippen molar-refractivity contribution in [2.24, 2.45) is 0 Å². The summed E-state index contributed by atoms with van der Waals surface area (Å²) in [5.74, 6) is -0.661. The number of imidazole rings is 1. The van der Waals surface area contributed by atoms with Crippen LogP contribution in [0.2, 0.25) is 0 Å². The lowest BCUT2D eigenvalue weighted by Gasteiger charge is -2.34. The van der Waals surface area contributed by atoms with E-state index in [9.17, 15) is 18.8 Å². The monoisotopic (exact) mass is 348 g/mol. The number of aromatic amines is 2. The number of carbonyl (C=O) groups is 2. The summed E-state index contributed by atoms with van der Waals surface area (Å²) in [5, 5.41) is 0. The first-order valence-corrected chi connectivity index (χ1v) is 7.76. The fourth-order valence-corrected chi connectivity index (χ4v) is 2.57. The average molecular weight is 348 g/mol. The topological polar surface area (TPSA) is 98.5 Å². The zero-order valence-corrected chi connectivity index (χ0v) is 13.3. The number of carbonyl (C=O) groups excluding carboxylic acids is 2. The average Bonchev–Trinajstić information content (AvgIpc) is 3.06. The molecule has 25 heavy (non-hydrogen) atoms. The Morgan fingerprint density at radius 1 is 1.16 bits per heavy atom. The summed E-state index contributed by atoms with van der Waals surface area (Å²) >= 11 is 0. The van der Waals surface area contributed by atoms with E-state index in [1.807, 2.05) is 0 Å². The number of H-pyrrole nitrogens is 2. The minimum absolute atomic E-state index is 0.192.